The predicted molar refractivity (Wildman–Crippen MR) is 74.2 cm³/mol. The molecule has 0 aliphatic heterocycles. The highest BCUT2D eigenvalue weighted by molar-refractivity contribution is 5.76. The lowest BCUT2D eigenvalue weighted by atomic mass is 10.3. The smallest absolute Gasteiger partial charge is 0.220 e. The van der Waals surface area contributed by atoms with E-state index in [1.807, 2.05) is 31.2 Å². The van der Waals surface area contributed by atoms with Gasteiger partial charge in [0.15, 0.2) is 11.5 Å². The molecule has 0 saturated heterocycles. The van der Waals surface area contributed by atoms with Gasteiger partial charge in [-0.05, 0) is 25.5 Å². The van der Waals surface area contributed by atoms with Crippen molar-refractivity contribution in [3.05, 3.63) is 24.3 Å². The van der Waals surface area contributed by atoms with E-state index >= 15 is 0 Å². The van der Waals surface area contributed by atoms with Crippen LogP contribution in [-0.4, -0.2) is 25.7 Å². The molecule has 0 saturated carbocycles. The molecule has 19 heavy (non-hydrogen) atoms. The number of ether oxygens (including phenoxy) is 2. The second-order valence-corrected chi connectivity index (χ2v) is 3.81. The number of hydrogen-bond donors (Lipinski definition) is 1. The third kappa shape index (κ3) is 5.82. The van der Waals surface area contributed by atoms with Crippen LogP contribution in [0.4, 0.5) is 0 Å². The van der Waals surface area contributed by atoms with Gasteiger partial charge < -0.3 is 14.8 Å². The van der Waals surface area contributed by atoms with Crippen molar-refractivity contribution in [2.45, 2.75) is 19.8 Å². The summed E-state index contributed by atoms with van der Waals surface area (Å²) in [7, 11) is 0. The molecule has 0 bridgehead atoms. The lowest BCUT2D eigenvalue weighted by Gasteiger charge is -2.11. The van der Waals surface area contributed by atoms with Crippen LogP contribution in [0.5, 0.6) is 11.5 Å². The van der Waals surface area contributed by atoms with Crippen LogP contribution < -0.4 is 14.8 Å². The van der Waals surface area contributed by atoms with E-state index < -0.39 is 0 Å². The van der Waals surface area contributed by atoms with Crippen molar-refractivity contribution in [1.82, 2.24) is 5.32 Å². The van der Waals surface area contributed by atoms with E-state index in [1.54, 1.807) is 0 Å². The van der Waals surface area contributed by atoms with Crippen molar-refractivity contribution >= 4 is 5.91 Å². The van der Waals surface area contributed by atoms with Gasteiger partial charge in [-0.3, -0.25) is 4.79 Å². The third-order valence-electron chi connectivity index (χ3n) is 2.34. The highest BCUT2D eigenvalue weighted by Gasteiger charge is 2.04. The molecule has 1 rings (SSSR count). The zero-order chi connectivity index (χ0) is 13.9. The van der Waals surface area contributed by atoms with Gasteiger partial charge in [0.05, 0.1) is 19.8 Å². The van der Waals surface area contributed by atoms with Crippen LogP contribution in [0.1, 0.15) is 19.8 Å². The highest BCUT2D eigenvalue weighted by Crippen LogP contribution is 2.26. The minimum absolute atomic E-state index is 0.0559. The van der Waals surface area contributed by atoms with Gasteiger partial charge in [0, 0.05) is 6.42 Å². The number of benzene rings is 1. The third-order valence-corrected chi connectivity index (χ3v) is 2.34. The largest absolute Gasteiger partial charge is 0.490 e. The summed E-state index contributed by atoms with van der Waals surface area (Å²) in [5.41, 5.74) is 0. The lowest BCUT2D eigenvalue weighted by Crippen LogP contribution is -2.23. The molecular weight excluding hydrogens is 242 g/mol. The van der Waals surface area contributed by atoms with Crippen molar-refractivity contribution in [2.24, 2.45) is 0 Å². The molecule has 0 aliphatic carbocycles. The fraction of sp³-hybridized carbons (Fsp3) is 0.400. The Morgan fingerprint density at radius 3 is 2.63 bits per heavy atom. The Balaban J connectivity index is 2.29. The van der Waals surface area contributed by atoms with Gasteiger partial charge in [0.2, 0.25) is 5.91 Å². The monoisotopic (exact) mass is 261 g/mol. The molecule has 0 atom stereocenters. The second kappa shape index (κ2) is 8.87. The molecule has 0 spiro atoms. The SMILES string of the molecule is C#CCNC(=O)CCCOc1ccccc1OCC. The summed E-state index contributed by atoms with van der Waals surface area (Å²) >= 11 is 0. The van der Waals surface area contributed by atoms with Gasteiger partial charge in [-0.2, -0.15) is 0 Å². The first kappa shape index (κ1) is 14.9. The van der Waals surface area contributed by atoms with E-state index in [0.717, 1.165) is 5.75 Å². The van der Waals surface area contributed by atoms with E-state index in [0.29, 0.717) is 31.8 Å². The summed E-state index contributed by atoms with van der Waals surface area (Å²) < 4.78 is 11.0. The minimum Gasteiger partial charge on any atom is -0.490 e. The number of terminal acetylenes is 1. The fourth-order valence-electron chi connectivity index (χ4n) is 1.50. The summed E-state index contributed by atoms with van der Waals surface area (Å²) in [6.07, 6.45) is 6.09. The van der Waals surface area contributed by atoms with E-state index in [2.05, 4.69) is 11.2 Å². The van der Waals surface area contributed by atoms with Gasteiger partial charge in [0.1, 0.15) is 0 Å². The number of amides is 1. The summed E-state index contributed by atoms with van der Waals surface area (Å²) in [5, 5.41) is 2.61. The van der Waals surface area contributed by atoms with E-state index in [1.165, 1.54) is 0 Å². The van der Waals surface area contributed by atoms with Crippen molar-refractivity contribution in [2.75, 3.05) is 19.8 Å². The summed E-state index contributed by atoms with van der Waals surface area (Å²) in [6.45, 7) is 3.25. The van der Waals surface area contributed by atoms with Crippen molar-refractivity contribution in [3.8, 4) is 23.8 Å². The molecule has 0 aromatic heterocycles. The van der Waals surface area contributed by atoms with Crippen molar-refractivity contribution in [3.63, 3.8) is 0 Å². The summed E-state index contributed by atoms with van der Waals surface area (Å²) in [6, 6.07) is 7.49. The number of carbonyl (C=O) groups excluding carboxylic acids is 1. The van der Waals surface area contributed by atoms with Crippen LogP contribution in [0.15, 0.2) is 24.3 Å². The van der Waals surface area contributed by atoms with Crippen LogP contribution >= 0.6 is 0 Å². The van der Waals surface area contributed by atoms with Crippen molar-refractivity contribution in [1.29, 1.82) is 0 Å². The fourth-order valence-corrected chi connectivity index (χ4v) is 1.50. The van der Waals surface area contributed by atoms with Crippen LogP contribution in [0.3, 0.4) is 0 Å². The maximum Gasteiger partial charge on any atom is 0.220 e. The van der Waals surface area contributed by atoms with Gasteiger partial charge in [0.25, 0.3) is 0 Å². The zero-order valence-electron chi connectivity index (χ0n) is 11.1. The Labute approximate surface area is 114 Å². The van der Waals surface area contributed by atoms with E-state index in [-0.39, 0.29) is 12.5 Å². The molecule has 0 unspecified atom stereocenters. The van der Waals surface area contributed by atoms with Gasteiger partial charge >= 0.3 is 0 Å². The maximum absolute atomic E-state index is 11.3. The molecule has 1 amide bonds. The molecule has 1 aromatic rings. The minimum atomic E-state index is -0.0559. The van der Waals surface area contributed by atoms with Crippen LogP contribution in [-0.2, 0) is 4.79 Å². The molecule has 1 aromatic carbocycles. The Bertz CT molecular complexity index is 437. The Kier molecular flexibility index (Phi) is 6.96. The first-order valence-corrected chi connectivity index (χ1v) is 6.32. The predicted octanol–water partition coefficient (Wildman–Crippen LogP) is 1.99. The molecule has 102 valence electrons. The second-order valence-electron chi connectivity index (χ2n) is 3.81. The molecule has 0 aliphatic rings. The Hall–Kier alpha value is -2.15. The average Bonchev–Trinajstić information content (AvgIpc) is 2.43. The molecule has 4 heteroatoms. The molecule has 4 nitrogen and oxygen atoms in total. The molecule has 0 fully saturated rings. The Morgan fingerprint density at radius 2 is 2.00 bits per heavy atom. The quantitative estimate of drug-likeness (QED) is 0.575. The van der Waals surface area contributed by atoms with E-state index in [9.17, 15) is 4.79 Å². The van der Waals surface area contributed by atoms with Crippen LogP contribution in [0.2, 0.25) is 0 Å². The van der Waals surface area contributed by atoms with Gasteiger partial charge in [-0.1, -0.05) is 18.1 Å². The zero-order valence-corrected chi connectivity index (χ0v) is 11.1. The van der Waals surface area contributed by atoms with Crippen LogP contribution in [0, 0.1) is 12.3 Å². The molecule has 0 radical (unpaired) electrons. The highest BCUT2D eigenvalue weighted by atomic mass is 16.5. The van der Waals surface area contributed by atoms with Gasteiger partial charge in [-0.25, -0.2) is 0 Å². The number of nitrogens with one attached hydrogen (secondary N) is 1. The summed E-state index contributed by atoms with van der Waals surface area (Å²) in [4.78, 5) is 11.3. The number of para-hydroxylation sites is 2. The number of hydrogen-bond acceptors (Lipinski definition) is 3. The summed E-state index contributed by atoms with van der Waals surface area (Å²) in [5.74, 6) is 3.73. The molecule has 0 heterocycles. The first-order valence-electron chi connectivity index (χ1n) is 6.32. The molecule has 1 N–H and O–H groups in total. The normalized spacial score (nSPS) is 9.47. The van der Waals surface area contributed by atoms with Crippen molar-refractivity contribution < 1.29 is 14.3 Å². The Morgan fingerprint density at radius 1 is 1.32 bits per heavy atom. The topological polar surface area (TPSA) is 47.6 Å². The van der Waals surface area contributed by atoms with E-state index in [4.69, 9.17) is 15.9 Å². The maximum atomic E-state index is 11.3. The first-order chi connectivity index (χ1) is 9.27. The average molecular weight is 261 g/mol. The number of carbonyl (C=O) groups is 1. The standard InChI is InChI=1S/C15H19NO3/c1-3-11-16-15(17)10-7-12-19-14-9-6-5-8-13(14)18-4-2/h1,5-6,8-9H,4,7,10-12H2,2H3,(H,16,17). The lowest BCUT2D eigenvalue weighted by molar-refractivity contribution is -0.121. The van der Waals surface area contributed by atoms with Crippen LogP contribution in [0.25, 0.3) is 0 Å². The van der Waals surface area contributed by atoms with Gasteiger partial charge in [-0.15, -0.1) is 6.42 Å². The number of rotatable bonds is 8. The molecular formula is C15H19NO3.